The first-order valence-corrected chi connectivity index (χ1v) is 7.76. The SMILES string of the molecule is CCOC(=O)c1cc(NC(=O)[C@@H]2C[C@H]2C)cc(C(=O)OCC)c1. The van der Waals surface area contributed by atoms with Gasteiger partial charge in [0, 0.05) is 11.6 Å². The summed E-state index contributed by atoms with van der Waals surface area (Å²) in [4.78, 5) is 35.9. The number of nitrogens with one attached hydrogen (secondary N) is 1. The fourth-order valence-electron chi connectivity index (χ4n) is 2.29. The molecule has 124 valence electrons. The van der Waals surface area contributed by atoms with E-state index in [2.05, 4.69) is 5.32 Å². The number of ether oxygens (including phenoxy) is 2. The van der Waals surface area contributed by atoms with Crippen LogP contribution in [0, 0.1) is 11.8 Å². The summed E-state index contributed by atoms with van der Waals surface area (Å²) < 4.78 is 9.91. The average Bonchev–Trinajstić information content (AvgIpc) is 3.24. The molecule has 0 aromatic heterocycles. The van der Waals surface area contributed by atoms with Gasteiger partial charge in [0.05, 0.1) is 24.3 Å². The predicted octanol–water partition coefficient (Wildman–Crippen LogP) is 2.63. The van der Waals surface area contributed by atoms with Gasteiger partial charge in [0.15, 0.2) is 0 Å². The minimum Gasteiger partial charge on any atom is -0.462 e. The first kappa shape index (κ1) is 17.0. The molecule has 1 aromatic rings. The van der Waals surface area contributed by atoms with Crippen LogP contribution in [-0.4, -0.2) is 31.1 Å². The van der Waals surface area contributed by atoms with E-state index in [0.29, 0.717) is 11.6 Å². The predicted molar refractivity (Wildman–Crippen MR) is 84.3 cm³/mol. The zero-order valence-corrected chi connectivity index (χ0v) is 13.5. The fourth-order valence-corrected chi connectivity index (χ4v) is 2.29. The minimum absolute atomic E-state index is 0.00714. The van der Waals surface area contributed by atoms with Gasteiger partial charge in [-0.25, -0.2) is 9.59 Å². The van der Waals surface area contributed by atoms with Crippen LogP contribution in [0.25, 0.3) is 0 Å². The van der Waals surface area contributed by atoms with Gasteiger partial charge in [-0.1, -0.05) is 6.92 Å². The van der Waals surface area contributed by atoms with Gasteiger partial charge >= 0.3 is 11.9 Å². The highest BCUT2D eigenvalue weighted by atomic mass is 16.5. The van der Waals surface area contributed by atoms with E-state index < -0.39 is 11.9 Å². The van der Waals surface area contributed by atoms with Crippen LogP contribution in [0.2, 0.25) is 0 Å². The number of hydrogen-bond donors (Lipinski definition) is 1. The molecular formula is C17H21NO5. The second-order valence-corrected chi connectivity index (χ2v) is 5.55. The molecule has 6 heteroatoms. The molecule has 1 amide bonds. The Hall–Kier alpha value is -2.37. The first-order chi connectivity index (χ1) is 11.0. The molecule has 0 unspecified atom stereocenters. The average molecular weight is 319 g/mol. The monoisotopic (exact) mass is 319 g/mol. The van der Waals surface area contributed by atoms with Crippen LogP contribution in [0.15, 0.2) is 18.2 Å². The van der Waals surface area contributed by atoms with Gasteiger partial charge < -0.3 is 14.8 Å². The molecule has 0 bridgehead atoms. The number of benzene rings is 1. The molecule has 1 aliphatic carbocycles. The van der Waals surface area contributed by atoms with Gasteiger partial charge in [-0.15, -0.1) is 0 Å². The van der Waals surface area contributed by atoms with Crippen LogP contribution in [0.5, 0.6) is 0 Å². The van der Waals surface area contributed by atoms with Crippen molar-refractivity contribution >= 4 is 23.5 Å². The van der Waals surface area contributed by atoms with Crippen LogP contribution in [0.4, 0.5) is 5.69 Å². The summed E-state index contributed by atoms with van der Waals surface area (Å²) in [5.41, 5.74) is 0.802. The van der Waals surface area contributed by atoms with Gasteiger partial charge in [-0.3, -0.25) is 4.79 Å². The number of hydrogen-bond acceptors (Lipinski definition) is 5. The Balaban J connectivity index is 2.26. The first-order valence-electron chi connectivity index (χ1n) is 7.76. The van der Waals surface area contributed by atoms with Gasteiger partial charge in [-0.2, -0.15) is 0 Å². The Kier molecular flexibility index (Phi) is 5.36. The summed E-state index contributed by atoms with van der Waals surface area (Å²) in [7, 11) is 0. The number of amides is 1. The minimum atomic E-state index is -0.547. The van der Waals surface area contributed by atoms with E-state index in [1.165, 1.54) is 18.2 Å². The molecule has 0 spiro atoms. The molecule has 1 fully saturated rings. The Bertz CT molecular complexity index is 589. The van der Waals surface area contributed by atoms with Crippen LogP contribution >= 0.6 is 0 Å². The quantitative estimate of drug-likeness (QED) is 0.815. The fraction of sp³-hybridized carbons (Fsp3) is 0.471. The molecule has 1 aliphatic rings. The van der Waals surface area contributed by atoms with E-state index in [1.54, 1.807) is 13.8 Å². The van der Waals surface area contributed by atoms with Crippen molar-refractivity contribution in [1.29, 1.82) is 0 Å². The standard InChI is InChI=1S/C17H21NO5/c1-4-22-16(20)11-7-12(17(21)23-5-2)9-13(8-11)18-15(19)14-6-10(14)3/h7-10,14H,4-6H2,1-3H3,(H,18,19)/t10-,14-/m1/s1. The normalized spacial score (nSPS) is 18.9. The highest BCUT2D eigenvalue weighted by Gasteiger charge is 2.39. The van der Waals surface area contributed by atoms with Crippen LogP contribution < -0.4 is 5.32 Å². The molecule has 6 nitrogen and oxygen atoms in total. The Morgan fingerprint density at radius 2 is 1.52 bits per heavy atom. The van der Waals surface area contributed by atoms with Gasteiger partial charge in [0.25, 0.3) is 0 Å². The molecule has 2 atom stereocenters. The summed E-state index contributed by atoms with van der Waals surface area (Å²) in [6.07, 6.45) is 0.855. The molecule has 0 saturated heterocycles. The van der Waals surface area contributed by atoms with Crippen molar-refractivity contribution < 1.29 is 23.9 Å². The third-order valence-electron chi connectivity index (χ3n) is 3.67. The van der Waals surface area contributed by atoms with E-state index in [4.69, 9.17) is 9.47 Å². The Morgan fingerprint density at radius 3 is 1.91 bits per heavy atom. The molecule has 0 heterocycles. The maximum absolute atomic E-state index is 12.1. The van der Waals surface area contributed by atoms with E-state index in [0.717, 1.165) is 6.42 Å². The largest absolute Gasteiger partial charge is 0.462 e. The van der Waals surface area contributed by atoms with Gasteiger partial charge in [0.1, 0.15) is 0 Å². The Labute approximate surface area is 135 Å². The van der Waals surface area contributed by atoms with E-state index >= 15 is 0 Å². The lowest BCUT2D eigenvalue weighted by Gasteiger charge is -2.10. The second kappa shape index (κ2) is 7.26. The molecule has 1 aromatic carbocycles. The summed E-state index contributed by atoms with van der Waals surface area (Å²) in [6.45, 7) is 5.85. The van der Waals surface area contributed by atoms with Gasteiger partial charge in [-0.05, 0) is 44.4 Å². The van der Waals surface area contributed by atoms with Crippen LogP contribution in [0.3, 0.4) is 0 Å². The number of carbonyl (C=O) groups excluding carboxylic acids is 3. The maximum Gasteiger partial charge on any atom is 0.338 e. The maximum atomic E-state index is 12.1. The van der Waals surface area contributed by atoms with Gasteiger partial charge in [0.2, 0.25) is 5.91 Å². The van der Waals surface area contributed by atoms with Crippen molar-refractivity contribution in [3.05, 3.63) is 29.3 Å². The third kappa shape index (κ3) is 4.31. The zero-order chi connectivity index (χ0) is 17.0. The summed E-state index contributed by atoms with van der Waals surface area (Å²) in [5, 5.41) is 2.75. The highest BCUT2D eigenvalue weighted by molar-refractivity contribution is 6.00. The summed E-state index contributed by atoms with van der Waals surface area (Å²) >= 11 is 0. The van der Waals surface area contributed by atoms with Crippen molar-refractivity contribution in [3.63, 3.8) is 0 Å². The molecular weight excluding hydrogens is 298 g/mol. The lowest BCUT2D eigenvalue weighted by molar-refractivity contribution is -0.117. The van der Waals surface area contributed by atoms with Crippen molar-refractivity contribution in [3.8, 4) is 0 Å². The third-order valence-corrected chi connectivity index (χ3v) is 3.67. The molecule has 23 heavy (non-hydrogen) atoms. The van der Waals surface area contributed by atoms with E-state index in [1.807, 2.05) is 6.92 Å². The highest BCUT2D eigenvalue weighted by Crippen LogP contribution is 2.38. The molecule has 2 rings (SSSR count). The van der Waals surface area contributed by atoms with E-state index in [9.17, 15) is 14.4 Å². The van der Waals surface area contributed by atoms with Crippen molar-refractivity contribution in [1.82, 2.24) is 0 Å². The number of rotatable bonds is 6. The zero-order valence-electron chi connectivity index (χ0n) is 13.5. The van der Waals surface area contributed by atoms with Crippen molar-refractivity contribution in [2.24, 2.45) is 11.8 Å². The molecule has 1 N–H and O–H groups in total. The second-order valence-electron chi connectivity index (χ2n) is 5.55. The lowest BCUT2D eigenvalue weighted by atomic mass is 10.1. The smallest absolute Gasteiger partial charge is 0.338 e. The van der Waals surface area contributed by atoms with Crippen LogP contribution in [-0.2, 0) is 14.3 Å². The number of carbonyl (C=O) groups is 3. The van der Waals surface area contributed by atoms with Crippen molar-refractivity contribution in [2.45, 2.75) is 27.2 Å². The Morgan fingerprint density at radius 1 is 1.04 bits per heavy atom. The molecule has 0 aliphatic heterocycles. The topological polar surface area (TPSA) is 81.7 Å². The molecule has 0 radical (unpaired) electrons. The number of esters is 2. The number of anilines is 1. The summed E-state index contributed by atoms with van der Waals surface area (Å²) in [6, 6.07) is 4.42. The lowest BCUT2D eigenvalue weighted by Crippen LogP contribution is -2.16. The summed E-state index contributed by atoms with van der Waals surface area (Å²) in [5.74, 6) is -0.837. The van der Waals surface area contributed by atoms with E-state index in [-0.39, 0.29) is 36.2 Å². The van der Waals surface area contributed by atoms with Crippen LogP contribution in [0.1, 0.15) is 47.9 Å². The van der Waals surface area contributed by atoms with Crippen molar-refractivity contribution in [2.75, 3.05) is 18.5 Å². The molecule has 1 saturated carbocycles.